The fourth-order valence-corrected chi connectivity index (χ4v) is 3.04. The predicted octanol–water partition coefficient (Wildman–Crippen LogP) is 4.67. The second-order valence-corrected chi connectivity index (χ2v) is 7.28. The summed E-state index contributed by atoms with van der Waals surface area (Å²) in [5, 5.41) is 9.16. The Morgan fingerprint density at radius 1 is 1.21 bits per heavy atom. The SMILES string of the molecule is CCO[C@@H](Cc1ccc(OC/C=C(/C)C#Cc2ccc(S)cc2S)cc1)C(=O)O. The number of aliphatic carboxylic acids is 1. The number of allylic oxidation sites excluding steroid dienone is 1. The number of carbonyl (C=O) groups is 1. The average molecular weight is 429 g/mol. The first-order valence-electron chi connectivity index (χ1n) is 9.16. The molecule has 0 aliphatic carbocycles. The summed E-state index contributed by atoms with van der Waals surface area (Å²) in [7, 11) is 0. The predicted molar refractivity (Wildman–Crippen MR) is 120 cm³/mol. The van der Waals surface area contributed by atoms with E-state index in [1.54, 1.807) is 6.92 Å². The van der Waals surface area contributed by atoms with Gasteiger partial charge in [0, 0.05) is 28.4 Å². The van der Waals surface area contributed by atoms with Crippen LogP contribution in [0.25, 0.3) is 0 Å². The first-order valence-corrected chi connectivity index (χ1v) is 10.1. The van der Waals surface area contributed by atoms with Gasteiger partial charge in [-0.1, -0.05) is 24.0 Å². The number of hydrogen-bond acceptors (Lipinski definition) is 5. The van der Waals surface area contributed by atoms with Crippen molar-refractivity contribution in [1.29, 1.82) is 0 Å². The molecule has 0 unspecified atom stereocenters. The molecular weight excluding hydrogens is 404 g/mol. The van der Waals surface area contributed by atoms with Gasteiger partial charge in [0.1, 0.15) is 12.4 Å². The Labute approximate surface area is 182 Å². The lowest BCUT2D eigenvalue weighted by Gasteiger charge is -2.12. The minimum atomic E-state index is -0.958. The van der Waals surface area contributed by atoms with Crippen molar-refractivity contribution in [3.8, 4) is 17.6 Å². The molecule has 0 radical (unpaired) electrons. The Kier molecular flexibility index (Phi) is 9.20. The molecular formula is C23H24O4S2. The van der Waals surface area contributed by atoms with E-state index < -0.39 is 12.1 Å². The monoisotopic (exact) mass is 428 g/mol. The van der Waals surface area contributed by atoms with Crippen molar-refractivity contribution in [1.82, 2.24) is 0 Å². The normalized spacial score (nSPS) is 12.1. The van der Waals surface area contributed by atoms with E-state index in [1.807, 2.05) is 55.5 Å². The molecule has 1 atom stereocenters. The molecule has 0 spiro atoms. The Hall–Kier alpha value is -2.33. The highest BCUT2D eigenvalue weighted by Crippen LogP contribution is 2.17. The largest absolute Gasteiger partial charge is 0.490 e. The Balaban J connectivity index is 1.90. The summed E-state index contributed by atoms with van der Waals surface area (Å²) in [5.41, 5.74) is 2.62. The van der Waals surface area contributed by atoms with E-state index in [9.17, 15) is 4.79 Å². The molecule has 0 aliphatic heterocycles. The molecule has 2 aromatic rings. The lowest BCUT2D eigenvalue weighted by atomic mass is 10.1. The topological polar surface area (TPSA) is 55.8 Å². The Bertz CT molecular complexity index is 924. The van der Waals surface area contributed by atoms with Crippen molar-refractivity contribution in [2.45, 2.75) is 36.2 Å². The third kappa shape index (κ3) is 7.90. The van der Waals surface area contributed by atoms with Gasteiger partial charge in [-0.15, -0.1) is 25.3 Å². The third-order valence-corrected chi connectivity index (χ3v) is 4.65. The number of hydrogen-bond donors (Lipinski definition) is 3. The van der Waals surface area contributed by atoms with Gasteiger partial charge < -0.3 is 14.6 Å². The summed E-state index contributed by atoms with van der Waals surface area (Å²) in [6.07, 6.45) is 1.39. The Morgan fingerprint density at radius 3 is 2.55 bits per heavy atom. The second-order valence-electron chi connectivity index (χ2n) is 6.28. The zero-order valence-corrected chi connectivity index (χ0v) is 18.2. The van der Waals surface area contributed by atoms with Crippen molar-refractivity contribution < 1.29 is 19.4 Å². The van der Waals surface area contributed by atoms with Gasteiger partial charge in [-0.05, 0) is 61.4 Å². The van der Waals surface area contributed by atoms with E-state index in [4.69, 9.17) is 14.6 Å². The van der Waals surface area contributed by atoms with Crippen molar-refractivity contribution in [2.24, 2.45) is 0 Å². The van der Waals surface area contributed by atoms with Gasteiger partial charge in [0.2, 0.25) is 0 Å². The highest BCUT2D eigenvalue weighted by Gasteiger charge is 2.17. The zero-order chi connectivity index (χ0) is 21.2. The number of benzene rings is 2. The van der Waals surface area contributed by atoms with E-state index in [2.05, 4.69) is 37.1 Å². The molecule has 0 aromatic heterocycles. The quantitative estimate of drug-likeness (QED) is 0.422. The van der Waals surface area contributed by atoms with Gasteiger partial charge in [-0.2, -0.15) is 0 Å². The Morgan fingerprint density at radius 2 is 1.93 bits per heavy atom. The van der Waals surface area contributed by atoms with Gasteiger partial charge >= 0.3 is 5.97 Å². The van der Waals surface area contributed by atoms with Gasteiger partial charge in [0.25, 0.3) is 0 Å². The number of ether oxygens (including phenoxy) is 2. The van der Waals surface area contributed by atoms with Gasteiger partial charge in [-0.3, -0.25) is 0 Å². The molecule has 29 heavy (non-hydrogen) atoms. The van der Waals surface area contributed by atoms with E-state index in [-0.39, 0.29) is 0 Å². The molecule has 0 saturated heterocycles. The molecule has 0 heterocycles. The van der Waals surface area contributed by atoms with Gasteiger partial charge in [0.15, 0.2) is 6.10 Å². The van der Waals surface area contributed by atoms with E-state index >= 15 is 0 Å². The molecule has 4 nitrogen and oxygen atoms in total. The molecule has 2 aromatic carbocycles. The highest BCUT2D eigenvalue weighted by molar-refractivity contribution is 7.81. The summed E-state index contributed by atoms with van der Waals surface area (Å²) in [4.78, 5) is 12.8. The first-order chi connectivity index (χ1) is 13.9. The summed E-state index contributed by atoms with van der Waals surface area (Å²) < 4.78 is 10.9. The van der Waals surface area contributed by atoms with Crippen molar-refractivity contribution in [3.05, 3.63) is 65.2 Å². The van der Waals surface area contributed by atoms with Crippen LogP contribution < -0.4 is 4.74 Å². The van der Waals surface area contributed by atoms with Crippen LogP contribution in [0.3, 0.4) is 0 Å². The maximum atomic E-state index is 11.2. The molecule has 6 heteroatoms. The van der Waals surface area contributed by atoms with Crippen LogP contribution in [-0.4, -0.2) is 30.4 Å². The van der Waals surface area contributed by atoms with Crippen LogP contribution in [0.2, 0.25) is 0 Å². The van der Waals surface area contributed by atoms with E-state index in [0.29, 0.717) is 25.4 Å². The molecule has 0 saturated carbocycles. The lowest BCUT2D eigenvalue weighted by Crippen LogP contribution is -2.26. The molecule has 0 aliphatic rings. The van der Waals surface area contributed by atoms with Crippen LogP contribution in [-0.2, 0) is 16.0 Å². The van der Waals surface area contributed by atoms with Crippen LogP contribution in [0, 0.1) is 11.8 Å². The average Bonchev–Trinajstić information content (AvgIpc) is 2.68. The van der Waals surface area contributed by atoms with Crippen molar-refractivity contribution >= 4 is 31.2 Å². The minimum Gasteiger partial charge on any atom is -0.490 e. The lowest BCUT2D eigenvalue weighted by molar-refractivity contribution is -0.149. The van der Waals surface area contributed by atoms with Crippen LogP contribution >= 0.6 is 25.3 Å². The summed E-state index contributed by atoms with van der Waals surface area (Å²) in [6.45, 7) is 4.45. The minimum absolute atomic E-state index is 0.319. The van der Waals surface area contributed by atoms with Gasteiger partial charge in [0.05, 0.1) is 0 Å². The van der Waals surface area contributed by atoms with Gasteiger partial charge in [-0.25, -0.2) is 4.79 Å². The highest BCUT2D eigenvalue weighted by atomic mass is 32.1. The fourth-order valence-electron chi connectivity index (χ4n) is 2.46. The number of rotatable bonds is 8. The molecule has 0 bridgehead atoms. The van der Waals surface area contributed by atoms with Crippen LogP contribution in [0.4, 0.5) is 0 Å². The van der Waals surface area contributed by atoms with E-state index in [0.717, 1.165) is 26.5 Å². The number of thiol groups is 2. The fraction of sp³-hybridized carbons (Fsp3) is 0.261. The number of carboxylic acid groups (broad SMARTS) is 1. The molecule has 1 N–H and O–H groups in total. The summed E-state index contributed by atoms with van der Waals surface area (Å²) in [5.74, 6) is 5.92. The van der Waals surface area contributed by atoms with Crippen LogP contribution in [0.1, 0.15) is 25.0 Å². The third-order valence-electron chi connectivity index (χ3n) is 4.00. The van der Waals surface area contributed by atoms with E-state index in [1.165, 1.54) is 0 Å². The smallest absolute Gasteiger partial charge is 0.333 e. The summed E-state index contributed by atoms with van der Waals surface area (Å²) in [6, 6.07) is 13.0. The second kappa shape index (κ2) is 11.6. The van der Waals surface area contributed by atoms with Crippen LogP contribution in [0.5, 0.6) is 5.75 Å². The van der Waals surface area contributed by atoms with Crippen LogP contribution in [0.15, 0.2) is 63.9 Å². The maximum Gasteiger partial charge on any atom is 0.333 e. The zero-order valence-electron chi connectivity index (χ0n) is 16.4. The van der Waals surface area contributed by atoms with Crippen molar-refractivity contribution in [3.63, 3.8) is 0 Å². The molecule has 0 fully saturated rings. The maximum absolute atomic E-state index is 11.2. The standard InChI is InChI=1S/C23H24O4S2/c1-3-26-21(23(24)25)14-17-5-9-19(10-6-17)27-13-12-16(2)4-7-18-8-11-20(28)15-22(18)29/h5-6,8-12,15,21,28-29H,3,13-14H2,1-2H3,(H,24,25)/b16-12-/t21-/m0/s1. The number of carboxylic acids is 1. The molecule has 0 amide bonds. The molecule has 2 rings (SSSR count). The molecule has 152 valence electrons. The first kappa shape index (κ1) is 23.0. The van der Waals surface area contributed by atoms with Crippen molar-refractivity contribution in [2.75, 3.05) is 13.2 Å². The summed E-state index contributed by atoms with van der Waals surface area (Å²) >= 11 is 8.68.